The van der Waals surface area contributed by atoms with Crippen molar-refractivity contribution in [2.45, 2.75) is 26.5 Å². The summed E-state index contributed by atoms with van der Waals surface area (Å²) >= 11 is 1.31. The molecule has 0 aliphatic rings. The van der Waals surface area contributed by atoms with Crippen LogP contribution in [0.2, 0.25) is 0 Å². The van der Waals surface area contributed by atoms with Crippen molar-refractivity contribution in [3.63, 3.8) is 0 Å². The van der Waals surface area contributed by atoms with Gasteiger partial charge in [-0.05, 0) is 32.0 Å². The second-order valence-corrected chi connectivity index (χ2v) is 7.41. The molecule has 0 fully saturated rings. The quantitative estimate of drug-likeness (QED) is 0.476. The molecule has 1 amide bonds. The monoisotopic (exact) mass is 421 g/mol. The number of fused-ring (bicyclic) bond motifs is 1. The van der Waals surface area contributed by atoms with Gasteiger partial charge in [0.25, 0.3) is 5.91 Å². The summed E-state index contributed by atoms with van der Waals surface area (Å²) in [5, 5.41) is 13.1. The van der Waals surface area contributed by atoms with Crippen LogP contribution in [0, 0.1) is 0 Å². The maximum Gasteiger partial charge on any atom is 0.338 e. The molecule has 4 rings (SSSR count). The van der Waals surface area contributed by atoms with Crippen LogP contribution in [0.15, 0.2) is 53.9 Å². The summed E-state index contributed by atoms with van der Waals surface area (Å²) in [6, 6.07) is 14.7. The summed E-state index contributed by atoms with van der Waals surface area (Å²) in [6.07, 6.45) is -0.983. The van der Waals surface area contributed by atoms with Gasteiger partial charge in [0, 0.05) is 17.5 Å². The van der Waals surface area contributed by atoms with E-state index >= 15 is 0 Å². The van der Waals surface area contributed by atoms with Gasteiger partial charge in [-0.2, -0.15) is 0 Å². The van der Waals surface area contributed by atoms with E-state index in [-0.39, 0.29) is 0 Å². The van der Waals surface area contributed by atoms with E-state index in [9.17, 15) is 9.59 Å². The molecule has 2 aromatic heterocycles. The number of aromatic nitrogens is 4. The zero-order valence-electron chi connectivity index (χ0n) is 16.4. The van der Waals surface area contributed by atoms with Gasteiger partial charge in [0.2, 0.25) is 0 Å². The first kappa shape index (κ1) is 19.7. The van der Waals surface area contributed by atoms with Crippen LogP contribution in [-0.2, 0) is 16.1 Å². The number of benzene rings is 2. The molecule has 1 unspecified atom stereocenters. The van der Waals surface area contributed by atoms with E-state index in [2.05, 4.69) is 20.6 Å². The van der Waals surface area contributed by atoms with E-state index in [1.807, 2.05) is 42.6 Å². The van der Waals surface area contributed by atoms with Crippen molar-refractivity contribution in [2.75, 3.05) is 5.32 Å². The first-order valence-electron chi connectivity index (χ1n) is 9.41. The molecule has 0 saturated heterocycles. The molecule has 1 N–H and O–H groups in total. The average molecular weight is 421 g/mol. The van der Waals surface area contributed by atoms with E-state index in [1.54, 1.807) is 22.9 Å². The first-order valence-corrected chi connectivity index (χ1v) is 10.3. The van der Waals surface area contributed by atoms with Crippen LogP contribution in [0.4, 0.5) is 5.13 Å². The number of ether oxygens (including phenoxy) is 1. The maximum atomic E-state index is 12.5. The zero-order chi connectivity index (χ0) is 21.1. The summed E-state index contributed by atoms with van der Waals surface area (Å²) < 4.78 is 7.05. The molecule has 8 nitrogen and oxygen atoms in total. The average Bonchev–Trinajstić information content (AvgIpc) is 3.40. The molecule has 30 heavy (non-hydrogen) atoms. The van der Waals surface area contributed by atoms with Crippen LogP contribution in [0.3, 0.4) is 0 Å². The van der Waals surface area contributed by atoms with Crippen molar-refractivity contribution in [3.05, 3.63) is 59.5 Å². The highest BCUT2D eigenvalue weighted by Crippen LogP contribution is 2.24. The topological polar surface area (TPSA) is 99.0 Å². The number of nitrogens with zero attached hydrogens (tertiary/aromatic N) is 4. The molecule has 2 aromatic carbocycles. The summed E-state index contributed by atoms with van der Waals surface area (Å²) in [7, 11) is 0. The Labute approximate surface area is 176 Å². The molecule has 0 bridgehead atoms. The molecular weight excluding hydrogens is 402 g/mol. The summed E-state index contributed by atoms with van der Waals surface area (Å²) in [6.45, 7) is 4.16. The Morgan fingerprint density at radius 2 is 2.00 bits per heavy atom. The summed E-state index contributed by atoms with van der Waals surface area (Å²) in [4.78, 5) is 29.3. The molecule has 0 saturated carbocycles. The molecule has 152 valence electrons. The Hall–Kier alpha value is -3.59. The summed E-state index contributed by atoms with van der Waals surface area (Å²) in [5.74, 6) is -1.05. The van der Waals surface area contributed by atoms with E-state index in [1.165, 1.54) is 18.3 Å². The third-order valence-electron chi connectivity index (χ3n) is 4.51. The number of aryl methyl sites for hydroxylation is 1. The number of rotatable bonds is 6. The number of nitrogens with one attached hydrogen (secondary N) is 1. The Kier molecular flexibility index (Phi) is 5.53. The molecule has 0 aliphatic carbocycles. The normalized spacial score (nSPS) is 11.9. The van der Waals surface area contributed by atoms with E-state index < -0.39 is 18.0 Å². The van der Waals surface area contributed by atoms with Crippen LogP contribution < -0.4 is 5.32 Å². The molecule has 0 radical (unpaired) electrons. The van der Waals surface area contributed by atoms with E-state index in [0.717, 1.165) is 16.8 Å². The van der Waals surface area contributed by atoms with Gasteiger partial charge < -0.3 is 4.74 Å². The largest absolute Gasteiger partial charge is 0.449 e. The highest BCUT2D eigenvalue weighted by atomic mass is 32.1. The number of anilines is 1. The van der Waals surface area contributed by atoms with Crippen molar-refractivity contribution >= 4 is 39.4 Å². The molecular formula is C21H19N5O3S. The van der Waals surface area contributed by atoms with E-state index in [0.29, 0.717) is 22.8 Å². The second kappa shape index (κ2) is 8.42. The van der Waals surface area contributed by atoms with Crippen LogP contribution in [0.5, 0.6) is 0 Å². The molecule has 1 atom stereocenters. The molecule has 4 aromatic rings. The van der Waals surface area contributed by atoms with Gasteiger partial charge in [0.05, 0.1) is 16.8 Å². The van der Waals surface area contributed by atoms with Gasteiger partial charge in [-0.3, -0.25) is 10.1 Å². The molecule has 0 spiro atoms. The Morgan fingerprint density at radius 3 is 2.77 bits per heavy atom. The molecule has 2 heterocycles. The fourth-order valence-electron chi connectivity index (χ4n) is 2.89. The third-order valence-corrected chi connectivity index (χ3v) is 5.26. The number of hydrogen-bond donors (Lipinski definition) is 1. The highest BCUT2D eigenvalue weighted by molar-refractivity contribution is 7.14. The SMILES string of the molecule is CCn1nnc2cc(C(=O)OC(C)C(=O)Nc3nc(-c4ccccc4)cs3)ccc21. The van der Waals surface area contributed by atoms with Crippen LogP contribution in [0.25, 0.3) is 22.3 Å². The lowest BCUT2D eigenvalue weighted by Crippen LogP contribution is -2.30. The summed E-state index contributed by atoms with van der Waals surface area (Å²) in [5.41, 5.74) is 3.47. The van der Waals surface area contributed by atoms with Crippen LogP contribution in [0.1, 0.15) is 24.2 Å². The Morgan fingerprint density at radius 1 is 1.20 bits per heavy atom. The lowest BCUT2D eigenvalue weighted by atomic mass is 10.2. The fourth-order valence-corrected chi connectivity index (χ4v) is 3.62. The minimum atomic E-state index is -0.983. The maximum absolute atomic E-state index is 12.5. The van der Waals surface area contributed by atoms with Crippen molar-refractivity contribution in [1.29, 1.82) is 0 Å². The van der Waals surface area contributed by atoms with Gasteiger partial charge >= 0.3 is 5.97 Å². The van der Waals surface area contributed by atoms with Crippen molar-refractivity contribution in [1.82, 2.24) is 20.0 Å². The first-order chi connectivity index (χ1) is 14.5. The number of thiazole rings is 1. The minimum absolute atomic E-state index is 0.311. The van der Waals surface area contributed by atoms with Crippen LogP contribution in [-0.4, -0.2) is 38.0 Å². The lowest BCUT2D eigenvalue weighted by Gasteiger charge is -2.12. The standard InChI is InChI=1S/C21H19N5O3S/c1-3-26-18-10-9-15(11-16(18)24-25-26)20(28)29-13(2)19(27)23-21-22-17(12-30-21)14-7-5-4-6-8-14/h4-13H,3H2,1-2H3,(H,22,23,27). The van der Waals surface area contributed by atoms with Crippen LogP contribution >= 0.6 is 11.3 Å². The zero-order valence-corrected chi connectivity index (χ0v) is 17.2. The van der Waals surface area contributed by atoms with Crippen molar-refractivity contribution in [2.24, 2.45) is 0 Å². The van der Waals surface area contributed by atoms with Crippen molar-refractivity contribution < 1.29 is 14.3 Å². The number of esters is 1. The molecule has 9 heteroatoms. The number of carbonyl (C=O) groups is 2. The van der Waals surface area contributed by atoms with Gasteiger partial charge in [0.1, 0.15) is 5.52 Å². The predicted octanol–water partition coefficient (Wildman–Crippen LogP) is 3.76. The van der Waals surface area contributed by atoms with Gasteiger partial charge in [-0.1, -0.05) is 35.5 Å². The predicted molar refractivity (Wildman–Crippen MR) is 114 cm³/mol. The lowest BCUT2D eigenvalue weighted by molar-refractivity contribution is -0.123. The van der Waals surface area contributed by atoms with Gasteiger partial charge in [0.15, 0.2) is 11.2 Å². The van der Waals surface area contributed by atoms with E-state index in [4.69, 9.17) is 4.74 Å². The number of amides is 1. The van der Waals surface area contributed by atoms with Crippen molar-refractivity contribution in [3.8, 4) is 11.3 Å². The fraction of sp³-hybridized carbons (Fsp3) is 0.190. The second-order valence-electron chi connectivity index (χ2n) is 6.55. The van der Waals surface area contributed by atoms with Gasteiger partial charge in [-0.25, -0.2) is 14.5 Å². The number of carbonyl (C=O) groups excluding carboxylic acids is 2. The van der Waals surface area contributed by atoms with Gasteiger partial charge in [-0.15, -0.1) is 16.4 Å². The highest BCUT2D eigenvalue weighted by Gasteiger charge is 2.21. The number of hydrogen-bond acceptors (Lipinski definition) is 7. The minimum Gasteiger partial charge on any atom is -0.449 e. The smallest absolute Gasteiger partial charge is 0.338 e. The third kappa shape index (κ3) is 4.06. The molecule has 0 aliphatic heterocycles. The Bertz CT molecular complexity index is 1200. The Balaban J connectivity index is 1.40.